The van der Waals surface area contributed by atoms with Crippen LogP contribution in [0.2, 0.25) is 0 Å². The molecule has 0 aliphatic rings. The summed E-state index contributed by atoms with van der Waals surface area (Å²) in [4.78, 5) is 54.9. The van der Waals surface area contributed by atoms with Gasteiger partial charge in [-0.1, -0.05) is 0 Å². The summed E-state index contributed by atoms with van der Waals surface area (Å²) < 4.78 is 4.34. The quantitative estimate of drug-likeness (QED) is 0.465. The zero-order chi connectivity index (χ0) is 13.6. The van der Waals surface area contributed by atoms with E-state index in [4.69, 9.17) is 5.73 Å². The van der Waals surface area contributed by atoms with Crippen LogP contribution in [0.4, 0.5) is 0 Å². The molecule has 0 fully saturated rings. The molecule has 0 atom stereocenters. The number of carbonyl (C=O) groups is 5. The van der Waals surface area contributed by atoms with E-state index in [1.54, 1.807) is 0 Å². The van der Waals surface area contributed by atoms with Crippen LogP contribution in [0.25, 0.3) is 0 Å². The summed E-state index contributed by atoms with van der Waals surface area (Å²) in [5.41, 5.74) is 4.76. The third kappa shape index (κ3) is 5.40. The molecule has 0 heterocycles. The number of amides is 4. The Balaban J connectivity index is 4.68. The molecule has 8 heteroatoms. The smallest absolute Gasteiger partial charge is 0.303 e. The molecule has 94 valence electrons. The number of hydrogen-bond donors (Lipinski definition) is 1. The highest BCUT2D eigenvalue weighted by atomic mass is 16.5. The SMILES string of the molecule is CC(=O)OCC(=O)N(C(C)=O)C(=O)CC(N)=O. The monoisotopic (exact) mass is 244 g/mol. The summed E-state index contributed by atoms with van der Waals surface area (Å²) in [5.74, 6) is -4.67. The fourth-order valence-corrected chi connectivity index (χ4v) is 0.946. The molecule has 4 amide bonds. The van der Waals surface area contributed by atoms with Crippen LogP contribution in [0.15, 0.2) is 0 Å². The maximum absolute atomic E-state index is 11.4. The van der Waals surface area contributed by atoms with E-state index in [0.717, 1.165) is 13.8 Å². The van der Waals surface area contributed by atoms with Crippen molar-refractivity contribution in [3.63, 3.8) is 0 Å². The molecular formula is C9H12N2O6. The van der Waals surface area contributed by atoms with Gasteiger partial charge in [-0.2, -0.15) is 0 Å². The Morgan fingerprint density at radius 3 is 1.94 bits per heavy atom. The van der Waals surface area contributed by atoms with E-state index in [2.05, 4.69) is 4.74 Å². The largest absolute Gasteiger partial charge is 0.456 e. The average Bonchev–Trinajstić information content (AvgIpc) is 2.12. The maximum atomic E-state index is 11.4. The molecule has 2 N–H and O–H groups in total. The zero-order valence-corrected chi connectivity index (χ0v) is 9.39. The molecule has 0 aromatic carbocycles. The Hall–Kier alpha value is -2.25. The number of esters is 1. The van der Waals surface area contributed by atoms with Crippen molar-refractivity contribution in [2.75, 3.05) is 6.61 Å². The van der Waals surface area contributed by atoms with Crippen LogP contribution in [-0.2, 0) is 28.7 Å². The van der Waals surface area contributed by atoms with Crippen LogP contribution in [0.3, 0.4) is 0 Å². The molecule has 0 aromatic rings. The molecule has 0 saturated heterocycles. The lowest BCUT2D eigenvalue weighted by Crippen LogP contribution is -2.44. The lowest BCUT2D eigenvalue weighted by molar-refractivity contribution is -0.159. The Bertz CT molecular complexity index is 376. The highest BCUT2D eigenvalue weighted by Gasteiger charge is 2.27. The highest BCUT2D eigenvalue weighted by Crippen LogP contribution is 1.98. The number of hydrogen-bond acceptors (Lipinski definition) is 6. The molecule has 0 aromatic heterocycles. The minimum absolute atomic E-state index is 0.216. The third-order valence-electron chi connectivity index (χ3n) is 1.54. The van der Waals surface area contributed by atoms with E-state index in [-0.39, 0.29) is 4.90 Å². The standard InChI is InChI=1S/C9H12N2O6/c1-5(12)11(8(15)3-7(10)14)9(16)4-17-6(2)13/h3-4H2,1-2H3,(H2,10,14). The van der Waals surface area contributed by atoms with E-state index in [1.165, 1.54) is 0 Å². The van der Waals surface area contributed by atoms with Gasteiger partial charge in [0.25, 0.3) is 5.91 Å². The van der Waals surface area contributed by atoms with Gasteiger partial charge in [0.2, 0.25) is 17.7 Å². The molecule has 17 heavy (non-hydrogen) atoms. The third-order valence-corrected chi connectivity index (χ3v) is 1.54. The van der Waals surface area contributed by atoms with E-state index < -0.39 is 42.6 Å². The van der Waals surface area contributed by atoms with Gasteiger partial charge in [-0.3, -0.25) is 24.0 Å². The van der Waals surface area contributed by atoms with Gasteiger partial charge >= 0.3 is 5.97 Å². The average molecular weight is 244 g/mol. The Labute approximate surface area is 96.7 Å². The fraction of sp³-hybridized carbons (Fsp3) is 0.444. The van der Waals surface area contributed by atoms with Gasteiger partial charge in [-0.25, -0.2) is 4.90 Å². The zero-order valence-electron chi connectivity index (χ0n) is 9.39. The van der Waals surface area contributed by atoms with E-state index in [9.17, 15) is 24.0 Å². The van der Waals surface area contributed by atoms with Crippen LogP contribution in [0.5, 0.6) is 0 Å². The molecule has 0 aliphatic carbocycles. The summed E-state index contributed by atoms with van der Waals surface area (Å²) in [6.07, 6.45) is -0.772. The Morgan fingerprint density at radius 2 is 1.59 bits per heavy atom. The van der Waals surface area contributed by atoms with Gasteiger partial charge in [0, 0.05) is 13.8 Å². The number of rotatable bonds is 4. The second-order valence-corrected chi connectivity index (χ2v) is 3.07. The second-order valence-electron chi connectivity index (χ2n) is 3.07. The van der Waals surface area contributed by atoms with Gasteiger partial charge in [0.05, 0.1) is 0 Å². The molecule has 0 bridgehead atoms. The first kappa shape index (κ1) is 14.8. The van der Waals surface area contributed by atoms with Gasteiger partial charge < -0.3 is 10.5 Å². The minimum atomic E-state index is -1.05. The number of nitrogens with two attached hydrogens (primary N) is 1. The number of ether oxygens (including phenoxy) is 1. The molecule has 0 aliphatic heterocycles. The summed E-state index contributed by atoms with van der Waals surface area (Å²) in [6, 6.07) is 0. The van der Waals surface area contributed by atoms with Crippen molar-refractivity contribution in [1.29, 1.82) is 0 Å². The molecule has 8 nitrogen and oxygen atoms in total. The number of nitrogens with zero attached hydrogens (tertiary/aromatic N) is 1. The van der Waals surface area contributed by atoms with Crippen LogP contribution in [0.1, 0.15) is 20.3 Å². The summed E-state index contributed by atoms with van der Waals surface area (Å²) in [6.45, 7) is 1.28. The first-order valence-corrected chi connectivity index (χ1v) is 4.53. The predicted molar refractivity (Wildman–Crippen MR) is 53.0 cm³/mol. The van der Waals surface area contributed by atoms with Gasteiger partial charge in [0.1, 0.15) is 6.42 Å². The summed E-state index contributed by atoms with van der Waals surface area (Å²) in [7, 11) is 0. The van der Waals surface area contributed by atoms with Gasteiger partial charge in [0.15, 0.2) is 6.61 Å². The normalized spacial score (nSPS) is 9.29. The van der Waals surface area contributed by atoms with Crippen LogP contribution in [-0.4, -0.2) is 41.1 Å². The molecule has 0 radical (unpaired) electrons. The molecule has 0 spiro atoms. The number of imide groups is 3. The number of primary amides is 1. The fourth-order valence-electron chi connectivity index (χ4n) is 0.946. The topological polar surface area (TPSA) is 124 Å². The Kier molecular flexibility index (Phi) is 5.52. The minimum Gasteiger partial charge on any atom is -0.456 e. The van der Waals surface area contributed by atoms with Crippen LogP contribution in [0, 0.1) is 0 Å². The highest BCUT2D eigenvalue weighted by molar-refractivity contribution is 6.14. The van der Waals surface area contributed by atoms with E-state index in [1.807, 2.05) is 0 Å². The second kappa shape index (κ2) is 6.36. The van der Waals surface area contributed by atoms with E-state index in [0.29, 0.717) is 0 Å². The first-order chi connectivity index (χ1) is 7.75. The van der Waals surface area contributed by atoms with Crippen molar-refractivity contribution >= 4 is 29.6 Å². The van der Waals surface area contributed by atoms with Crippen LogP contribution >= 0.6 is 0 Å². The van der Waals surface area contributed by atoms with Crippen molar-refractivity contribution in [3.8, 4) is 0 Å². The Morgan fingerprint density at radius 1 is 1.06 bits per heavy atom. The lowest BCUT2D eigenvalue weighted by atomic mass is 10.3. The van der Waals surface area contributed by atoms with Crippen molar-refractivity contribution in [2.45, 2.75) is 20.3 Å². The molecular weight excluding hydrogens is 232 g/mol. The van der Waals surface area contributed by atoms with Crippen molar-refractivity contribution < 1.29 is 28.7 Å². The molecule has 0 saturated carbocycles. The summed E-state index contributed by atoms with van der Waals surface area (Å²) >= 11 is 0. The van der Waals surface area contributed by atoms with E-state index >= 15 is 0 Å². The van der Waals surface area contributed by atoms with Crippen molar-refractivity contribution in [2.24, 2.45) is 5.73 Å². The maximum Gasteiger partial charge on any atom is 0.303 e. The molecule has 0 rings (SSSR count). The van der Waals surface area contributed by atoms with Gasteiger partial charge in [-0.15, -0.1) is 0 Å². The molecule has 0 unspecified atom stereocenters. The predicted octanol–water partition coefficient (Wildman–Crippen LogP) is -1.67. The van der Waals surface area contributed by atoms with Gasteiger partial charge in [-0.05, 0) is 0 Å². The first-order valence-electron chi connectivity index (χ1n) is 4.53. The van der Waals surface area contributed by atoms with Crippen molar-refractivity contribution in [3.05, 3.63) is 0 Å². The summed E-state index contributed by atoms with van der Waals surface area (Å²) in [5, 5.41) is 0. The van der Waals surface area contributed by atoms with Crippen LogP contribution < -0.4 is 5.73 Å². The van der Waals surface area contributed by atoms with Crippen molar-refractivity contribution in [1.82, 2.24) is 4.90 Å². The number of carbonyl (C=O) groups excluding carboxylic acids is 5. The lowest BCUT2D eigenvalue weighted by Gasteiger charge is -2.15.